The van der Waals surface area contributed by atoms with Crippen molar-refractivity contribution in [2.45, 2.75) is 18.4 Å². The highest BCUT2D eigenvalue weighted by atomic mass is 35.5. The van der Waals surface area contributed by atoms with E-state index in [1.165, 1.54) is 49.4 Å². The quantitative estimate of drug-likeness (QED) is 0.671. The number of hydrogen-bond acceptors (Lipinski definition) is 6. The molecule has 2 aromatic rings. The van der Waals surface area contributed by atoms with E-state index in [-0.39, 0.29) is 33.5 Å². The zero-order valence-electron chi connectivity index (χ0n) is 15.7. The molecule has 1 saturated heterocycles. The molecule has 1 aliphatic heterocycles. The molecule has 1 aliphatic rings. The van der Waals surface area contributed by atoms with Gasteiger partial charge in [-0.3, -0.25) is 9.59 Å². The maximum atomic E-state index is 12.5. The van der Waals surface area contributed by atoms with E-state index in [1.54, 1.807) is 0 Å². The van der Waals surface area contributed by atoms with Gasteiger partial charge in [0.25, 0.3) is 5.91 Å². The van der Waals surface area contributed by atoms with Crippen molar-refractivity contribution in [1.82, 2.24) is 5.32 Å². The Morgan fingerprint density at radius 2 is 1.87 bits per heavy atom. The molecule has 1 unspecified atom stereocenters. The third-order valence-corrected chi connectivity index (χ3v) is 7.60. The summed E-state index contributed by atoms with van der Waals surface area (Å²) in [6.07, 6.45) is 0. The van der Waals surface area contributed by atoms with E-state index < -0.39 is 37.8 Å². The molecule has 0 radical (unpaired) electrons. The van der Waals surface area contributed by atoms with Crippen LogP contribution in [0, 0.1) is 5.92 Å². The Morgan fingerprint density at radius 3 is 2.40 bits per heavy atom. The summed E-state index contributed by atoms with van der Waals surface area (Å²) in [7, 11) is -7.68. The van der Waals surface area contributed by atoms with Gasteiger partial charge in [-0.05, 0) is 35.9 Å². The standard InChI is InChI=1S/C18H18ClN3O6S2/c1-11-10-29(25,26)22(18(11)24)16-8-13(4-7-15(16)19)17(23)21-9-12-2-5-14(6-3-12)30(20,27)28/h2-8,11H,9-10H2,1H3,(H,21,23)(H2,20,27,28). The minimum atomic E-state index is -3.87. The van der Waals surface area contributed by atoms with Crippen LogP contribution < -0.4 is 14.8 Å². The first-order chi connectivity index (χ1) is 13.9. The number of nitrogens with two attached hydrogens (primary N) is 1. The van der Waals surface area contributed by atoms with Crippen LogP contribution in [0.25, 0.3) is 0 Å². The van der Waals surface area contributed by atoms with Crippen LogP contribution in [0.5, 0.6) is 0 Å². The van der Waals surface area contributed by atoms with Crippen LogP contribution in [-0.4, -0.2) is 34.4 Å². The highest BCUT2D eigenvalue weighted by Crippen LogP contribution is 2.34. The van der Waals surface area contributed by atoms with Crippen LogP contribution in [0.4, 0.5) is 5.69 Å². The summed E-state index contributed by atoms with van der Waals surface area (Å²) in [6.45, 7) is 1.59. The summed E-state index contributed by atoms with van der Waals surface area (Å²) in [5.41, 5.74) is 0.658. The number of amides is 2. The second-order valence-corrected chi connectivity index (χ2v) is 10.7. The van der Waals surface area contributed by atoms with Crippen molar-refractivity contribution in [2.24, 2.45) is 11.1 Å². The van der Waals surface area contributed by atoms with Gasteiger partial charge < -0.3 is 5.32 Å². The average molecular weight is 472 g/mol. The van der Waals surface area contributed by atoms with E-state index in [4.69, 9.17) is 16.7 Å². The lowest BCUT2D eigenvalue weighted by molar-refractivity contribution is -0.119. The molecule has 0 aliphatic carbocycles. The molecule has 9 nitrogen and oxygen atoms in total. The lowest BCUT2D eigenvalue weighted by atomic mass is 10.1. The van der Waals surface area contributed by atoms with Crippen molar-refractivity contribution in [2.75, 3.05) is 10.1 Å². The van der Waals surface area contributed by atoms with Gasteiger partial charge >= 0.3 is 0 Å². The van der Waals surface area contributed by atoms with Crippen molar-refractivity contribution in [1.29, 1.82) is 0 Å². The van der Waals surface area contributed by atoms with Gasteiger partial charge in [0.05, 0.1) is 27.3 Å². The molecule has 30 heavy (non-hydrogen) atoms. The number of sulfonamides is 2. The van der Waals surface area contributed by atoms with Gasteiger partial charge in [-0.2, -0.15) is 0 Å². The Labute approximate surface area is 178 Å². The van der Waals surface area contributed by atoms with E-state index in [2.05, 4.69) is 5.32 Å². The van der Waals surface area contributed by atoms with Crippen molar-refractivity contribution in [3.63, 3.8) is 0 Å². The topological polar surface area (TPSA) is 144 Å². The summed E-state index contributed by atoms with van der Waals surface area (Å²) < 4.78 is 47.8. The lowest BCUT2D eigenvalue weighted by Crippen LogP contribution is -2.31. The fourth-order valence-corrected chi connectivity index (χ4v) is 5.55. The zero-order chi connectivity index (χ0) is 22.3. The summed E-state index contributed by atoms with van der Waals surface area (Å²) in [4.78, 5) is 24.8. The number of rotatable bonds is 5. The number of carbonyl (C=O) groups is 2. The molecule has 0 spiro atoms. The maximum absolute atomic E-state index is 12.5. The van der Waals surface area contributed by atoms with Crippen LogP contribution in [-0.2, 0) is 31.4 Å². The Kier molecular flexibility index (Phi) is 5.92. The normalized spacial score (nSPS) is 18.4. The van der Waals surface area contributed by atoms with Gasteiger partial charge in [0, 0.05) is 12.1 Å². The zero-order valence-corrected chi connectivity index (χ0v) is 18.1. The van der Waals surface area contributed by atoms with E-state index >= 15 is 0 Å². The van der Waals surface area contributed by atoms with Crippen LogP contribution in [0.2, 0.25) is 5.02 Å². The van der Waals surface area contributed by atoms with Gasteiger partial charge in [0.15, 0.2) is 0 Å². The van der Waals surface area contributed by atoms with Crippen molar-refractivity contribution in [3.8, 4) is 0 Å². The van der Waals surface area contributed by atoms with E-state index in [9.17, 15) is 26.4 Å². The number of hydrogen-bond donors (Lipinski definition) is 2. The molecule has 12 heteroatoms. The second kappa shape index (κ2) is 7.99. The molecule has 160 valence electrons. The number of primary sulfonamides is 1. The first-order valence-electron chi connectivity index (χ1n) is 8.66. The molecule has 3 N–H and O–H groups in total. The fraction of sp³-hybridized carbons (Fsp3) is 0.222. The minimum absolute atomic E-state index is 0.0242. The van der Waals surface area contributed by atoms with Crippen molar-refractivity contribution >= 4 is 49.1 Å². The lowest BCUT2D eigenvalue weighted by Gasteiger charge is -2.17. The van der Waals surface area contributed by atoms with Crippen molar-refractivity contribution in [3.05, 3.63) is 58.6 Å². The third-order valence-electron chi connectivity index (χ3n) is 4.49. The van der Waals surface area contributed by atoms with Crippen LogP contribution >= 0.6 is 11.6 Å². The van der Waals surface area contributed by atoms with Gasteiger partial charge in [-0.1, -0.05) is 30.7 Å². The number of nitrogens with zero attached hydrogens (tertiary/aromatic N) is 1. The Bertz CT molecular complexity index is 1230. The minimum Gasteiger partial charge on any atom is -0.348 e. The van der Waals surface area contributed by atoms with E-state index in [1.807, 2.05) is 0 Å². The first kappa shape index (κ1) is 22.2. The van der Waals surface area contributed by atoms with Crippen LogP contribution in [0.15, 0.2) is 47.4 Å². The number of halogens is 1. The Hall–Kier alpha value is -2.47. The third kappa shape index (κ3) is 4.48. The molecule has 0 bridgehead atoms. The molecule has 3 rings (SSSR count). The maximum Gasteiger partial charge on any atom is 0.251 e. The molecular weight excluding hydrogens is 454 g/mol. The number of carbonyl (C=O) groups excluding carboxylic acids is 2. The average Bonchev–Trinajstić information content (AvgIpc) is 2.87. The number of benzene rings is 2. The summed E-state index contributed by atoms with van der Waals surface area (Å²) in [6, 6.07) is 9.65. The van der Waals surface area contributed by atoms with Crippen molar-refractivity contribution < 1.29 is 26.4 Å². The molecule has 1 fully saturated rings. The molecule has 1 atom stereocenters. The van der Waals surface area contributed by atoms with E-state index in [0.29, 0.717) is 9.87 Å². The monoisotopic (exact) mass is 471 g/mol. The number of anilines is 1. The van der Waals surface area contributed by atoms with Crippen LogP contribution in [0.3, 0.4) is 0 Å². The first-order valence-corrected chi connectivity index (χ1v) is 12.2. The van der Waals surface area contributed by atoms with Gasteiger partial charge in [0.1, 0.15) is 0 Å². The predicted octanol–water partition coefficient (Wildman–Crippen LogP) is 1.23. The second-order valence-electron chi connectivity index (χ2n) is 6.82. The van der Waals surface area contributed by atoms with Gasteiger partial charge in [-0.25, -0.2) is 26.3 Å². The van der Waals surface area contributed by atoms with Gasteiger partial charge in [0.2, 0.25) is 26.0 Å². The summed E-state index contributed by atoms with van der Waals surface area (Å²) >= 11 is 6.10. The highest BCUT2D eigenvalue weighted by molar-refractivity contribution is 7.94. The molecule has 0 saturated carbocycles. The van der Waals surface area contributed by atoms with Crippen LogP contribution in [0.1, 0.15) is 22.8 Å². The van der Waals surface area contributed by atoms with E-state index in [0.717, 1.165) is 0 Å². The smallest absolute Gasteiger partial charge is 0.251 e. The molecule has 1 heterocycles. The predicted molar refractivity (Wildman–Crippen MR) is 111 cm³/mol. The number of nitrogens with one attached hydrogen (secondary N) is 1. The SMILES string of the molecule is CC1CS(=O)(=O)N(c2cc(C(=O)NCc3ccc(S(N)(=O)=O)cc3)ccc2Cl)C1=O. The highest BCUT2D eigenvalue weighted by Gasteiger charge is 2.43. The summed E-state index contributed by atoms with van der Waals surface area (Å²) in [5.74, 6) is -2.17. The van der Waals surface area contributed by atoms with Gasteiger partial charge in [-0.15, -0.1) is 0 Å². The largest absolute Gasteiger partial charge is 0.348 e. The molecule has 2 aromatic carbocycles. The summed E-state index contributed by atoms with van der Waals surface area (Å²) in [5, 5.41) is 7.70. The fourth-order valence-electron chi connectivity index (χ4n) is 2.96. The Balaban J connectivity index is 1.79. The molecular formula is C18H18ClN3O6S2. The molecule has 0 aromatic heterocycles. The molecule has 2 amide bonds. The Morgan fingerprint density at radius 1 is 1.23 bits per heavy atom.